The highest BCUT2D eigenvalue weighted by Gasteiger charge is 2.20. The van der Waals surface area contributed by atoms with Crippen LogP contribution in [-0.2, 0) is 0 Å². The van der Waals surface area contributed by atoms with Crippen LogP contribution in [0.15, 0.2) is 18.2 Å². The van der Waals surface area contributed by atoms with Crippen LogP contribution in [0.5, 0.6) is 5.75 Å². The monoisotopic (exact) mass is 267 g/mol. The Hall–Kier alpha value is -2.11. The van der Waals surface area contributed by atoms with Gasteiger partial charge in [0, 0.05) is 0 Å². The van der Waals surface area contributed by atoms with Crippen LogP contribution in [0.2, 0.25) is 0 Å². The number of ether oxygens (including phenoxy) is 1. The Labute approximate surface area is 111 Å². The number of aromatic carboxylic acids is 1. The van der Waals surface area contributed by atoms with Gasteiger partial charge in [0.15, 0.2) is 0 Å². The fourth-order valence-corrected chi connectivity index (χ4v) is 1.61. The molecule has 1 N–H and O–H groups in total. The van der Waals surface area contributed by atoms with Crippen LogP contribution < -0.4 is 4.74 Å². The van der Waals surface area contributed by atoms with Crippen LogP contribution in [0.4, 0.5) is 5.69 Å². The van der Waals surface area contributed by atoms with E-state index in [0.29, 0.717) is 18.3 Å². The largest absolute Gasteiger partial charge is 0.493 e. The van der Waals surface area contributed by atoms with Crippen molar-refractivity contribution >= 4 is 11.7 Å². The summed E-state index contributed by atoms with van der Waals surface area (Å²) in [6, 6.07) is 3.78. The number of carbonyl (C=O) groups is 1. The van der Waals surface area contributed by atoms with Crippen molar-refractivity contribution in [3.05, 3.63) is 33.9 Å². The highest BCUT2D eigenvalue weighted by atomic mass is 16.6. The van der Waals surface area contributed by atoms with E-state index in [1.165, 1.54) is 12.1 Å². The molecule has 0 aromatic heterocycles. The average molecular weight is 267 g/mol. The van der Waals surface area contributed by atoms with Crippen molar-refractivity contribution < 1.29 is 19.6 Å². The normalized spacial score (nSPS) is 10.5. The molecule has 19 heavy (non-hydrogen) atoms. The maximum Gasteiger partial charge on any atom is 0.342 e. The van der Waals surface area contributed by atoms with Crippen molar-refractivity contribution in [1.82, 2.24) is 0 Å². The number of carboxylic acid groups (broad SMARTS) is 1. The van der Waals surface area contributed by atoms with E-state index in [1.807, 2.05) is 0 Å². The molecule has 104 valence electrons. The Balaban J connectivity index is 2.73. The maximum absolute atomic E-state index is 10.8. The molecule has 6 nitrogen and oxygen atoms in total. The molecule has 0 aliphatic heterocycles. The van der Waals surface area contributed by atoms with Gasteiger partial charge in [-0.3, -0.25) is 10.1 Å². The molecule has 0 radical (unpaired) electrons. The highest BCUT2D eigenvalue weighted by molar-refractivity contribution is 5.92. The lowest BCUT2D eigenvalue weighted by molar-refractivity contribution is -0.385. The molecule has 6 heteroatoms. The lowest BCUT2D eigenvalue weighted by Gasteiger charge is -2.08. The number of benzene rings is 1. The zero-order valence-electron chi connectivity index (χ0n) is 11.0. The fourth-order valence-electron chi connectivity index (χ4n) is 1.61. The number of nitrogens with zero attached hydrogens (tertiary/aromatic N) is 1. The van der Waals surface area contributed by atoms with Gasteiger partial charge >= 0.3 is 5.97 Å². The predicted octanol–water partition coefficient (Wildman–Crippen LogP) is 3.11. The first-order valence-electron chi connectivity index (χ1n) is 6.06. The van der Waals surface area contributed by atoms with Gasteiger partial charge in [0.25, 0.3) is 5.69 Å². The molecule has 0 amide bonds. The van der Waals surface area contributed by atoms with Gasteiger partial charge in [0.2, 0.25) is 0 Å². The van der Waals surface area contributed by atoms with Gasteiger partial charge in [0.05, 0.1) is 17.6 Å². The summed E-state index contributed by atoms with van der Waals surface area (Å²) < 4.78 is 5.38. The van der Waals surface area contributed by atoms with Crippen LogP contribution in [0.3, 0.4) is 0 Å². The average Bonchev–Trinajstić information content (AvgIpc) is 2.33. The van der Waals surface area contributed by atoms with E-state index >= 15 is 0 Å². The molecule has 0 aliphatic rings. The number of rotatable bonds is 7. The molecule has 0 saturated heterocycles. The van der Waals surface area contributed by atoms with Gasteiger partial charge in [-0.2, -0.15) is 0 Å². The van der Waals surface area contributed by atoms with Gasteiger partial charge < -0.3 is 9.84 Å². The first-order valence-corrected chi connectivity index (χ1v) is 6.06. The lowest BCUT2D eigenvalue weighted by Crippen LogP contribution is -2.04. The third kappa shape index (κ3) is 4.57. The van der Waals surface area contributed by atoms with Crippen molar-refractivity contribution in [3.8, 4) is 5.75 Å². The number of carboxylic acids is 1. The Morgan fingerprint density at radius 3 is 2.68 bits per heavy atom. The summed E-state index contributed by atoms with van der Waals surface area (Å²) in [5, 5.41) is 19.6. The molecule has 0 aliphatic carbocycles. The third-order valence-corrected chi connectivity index (χ3v) is 2.59. The molecular formula is C13H17NO5. The minimum atomic E-state index is -1.32. The van der Waals surface area contributed by atoms with Crippen LogP contribution in [0.1, 0.15) is 37.0 Å². The van der Waals surface area contributed by atoms with Gasteiger partial charge in [0.1, 0.15) is 11.3 Å². The van der Waals surface area contributed by atoms with Crippen LogP contribution in [-0.4, -0.2) is 22.6 Å². The van der Waals surface area contributed by atoms with Gasteiger partial charge in [-0.05, 0) is 30.9 Å². The number of nitro groups is 1. The van der Waals surface area contributed by atoms with E-state index in [0.717, 1.165) is 18.9 Å². The highest BCUT2D eigenvalue weighted by Crippen LogP contribution is 2.25. The number of nitro benzene ring substituents is 1. The summed E-state index contributed by atoms with van der Waals surface area (Å²) in [4.78, 5) is 20.9. The topological polar surface area (TPSA) is 89.7 Å². The molecule has 0 saturated carbocycles. The lowest BCUT2D eigenvalue weighted by atomic mass is 10.1. The molecule has 1 aromatic rings. The van der Waals surface area contributed by atoms with Crippen molar-refractivity contribution in [2.24, 2.45) is 5.92 Å². The summed E-state index contributed by atoms with van der Waals surface area (Å²) in [5.74, 6) is -0.425. The third-order valence-electron chi connectivity index (χ3n) is 2.59. The quantitative estimate of drug-likeness (QED) is 0.465. The summed E-state index contributed by atoms with van der Waals surface area (Å²) in [5.41, 5.74) is -0.784. The van der Waals surface area contributed by atoms with Crippen molar-refractivity contribution in [2.75, 3.05) is 6.61 Å². The van der Waals surface area contributed by atoms with Crippen molar-refractivity contribution in [2.45, 2.75) is 26.7 Å². The van der Waals surface area contributed by atoms with E-state index in [2.05, 4.69) is 13.8 Å². The van der Waals surface area contributed by atoms with Gasteiger partial charge in [-0.15, -0.1) is 0 Å². The first kappa shape index (κ1) is 14.9. The molecule has 0 spiro atoms. The Morgan fingerprint density at radius 1 is 1.47 bits per heavy atom. The number of hydrogen-bond acceptors (Lipinski definition) is 4. The minimum Gasteiger partial charge on any atom is -0.493 e. The Morgan fingerprint density at radius 2 is 2.16 bits per heavy atom. The fraction of sp³-hybridized carbons (Fsp3) is 0.462. The predicted molar refractivity (Wildman–Crippen MR) is 69.6 cm³/mol. The van der Waals surface area contributed by atoms with Crippen molar-refractivity contribution in [3.63, 3.8) is 0 Å². The summed E-state index contributed by atoms with van der Waals surface area (Å²) in [6.45, 7) is 4.67. The summed E-state index contributed by atoms with van der Waals surface area (Å²) >= 11 is 0. The van der Waals surface area contributed by atoms with Gasteiger partial charge in [-0.1, -0.05) is 13.8 Å². The molecule has 0 unspecified atom stereocenters. The molecule has 0 bridgehead atoms. The van der Waals surface area contributed by atoms with E-state index in [-0.39, 0.29) is 5.56 Å². The molecule has 1 rings (SSSR count). The maximum atomic E-state index is 10.8. The van der Waals surface area contributed by atoms with E-state index in [1.54, 1.807) is 0 Å². The molecule has 1 aromatic carbocycles. The molecule has 0 atom stereocenters. The molecular weight excluding hydrogens is 250 g/mol. The van der Waals surface area contributed by atoms with Crippen LogP contribution in [0, 0.1) is 16.0 Å². The summed E-state index contributed by atoms with van der Waals surface area (Å²) in [7, 11) is 0. The zero-order valence-corrected chi connectivity index (χ0v) is 11.0. The Bertz CT molecular complexity index is 470. The van der Waals surface area contributed by atoms with Crippen LogP contribution >= 0.6 is 0 Å². The summed E-state index contributed by atoms with van der Waals surface area (Å²) in [6.07, 6.45) is 1.86. The first-order chi connectivity index (χ1) is 8.91. The van der Waals surface area contributed by atoms with E-state index in [9.17, 15) is 14.9 Å². The standard InChI is InChI=1S/C13H17NO5/c1-9(2)4-3-7-19-10-5-6-11(13(15)16)12(8-10)14(17)18/h5-6,8-9H,3-4,7H2,1-2H3,(H,15,16). The van der Waals surface area contributed by atoms with Crippen LogP contribution in [0.25, 0.3) is 0 Å². The van der Waals surface area contributed by atoms with E-state index < -0.39 is 16.6 Å². The zero-order chi connectivity index (χ0) is 14.4. The van der Waals surface area contributed by atoms with Crippen molar-refractivity contribution in [1.29, 1.82) is 0 Å². The smallest absolute Gasteiger partial charge is 0.342 e. The van der Waals surface area contributed by atoms with E-state index in [4.69, 9.17) is 9.84 Å². The SMILES string of the molecule is CC(C)CCCOc1ccc(C(=O)O)c([N+](=O)[O-])c1. The second-order valence-electron chi connectivity index (χ2n) is 4.63. The second-order valence-corrected chi connectivity index (χ2v) is 4.63. The minimum absolute atomic E-state index is 0.320. The second kappa shape index (κ2) is 6.72. The molecule has 0 heterocycles. The van der Waals surface area contributed by atoms with Gasteiger partial charge in [-0.25, -0.2) is 4.79 Å². The molecule has 0 fully saturated rings. The Kier molecular flexibility index (Phi) is 5.29. The number of hydrogen-bond donors (Lipinski definition) is 1.